The highest BCUT2D eigenvalue weighted by Crippen LogP contribution is 2.47. The topological polar surface area (TPSA) is 99.8 Å². The lowest BCUT2D eigenvalue weighted by Gasteiger charge is -2.27. The van der Waals surface area contributed by atoms with Crippen LogP contribution >= 0.6 is 38.9 Å². The molecule has 1 atom stereocenters. The van der Waals surface area contributed by atoms with Gasteiger partial charge in [-0.15, -0.1) is 16.4 Å². The van der Waals surface area contributed by atoms with Crippen LogP contribution in [0.4, 0.5) is 0 Å². The maximum atomic E-state index is 12.1. The van der Waals surface area contributed by atoms with Crippen LogP contribution in [0.25, 0.3) is 11.3 Å². The van der Waals surface area contributed by atoms with Crippen LogP contribution in [0.1, 0.15) is 59.7 Å². The summed E-state index contributed by atoms with van der Waals surface area (Å²) in [6, 6.07) is 0. The first-order valence-electron chi connectivity index (χ1n) is 8.81. The highest BCUT2D eigenvalue weighted by molar-refractivity contribution is 9.10. The molecular weight excluding hydrogens is 438 g/mol. The molecule has 26 heavy (non-hydrogen) atoms. The molecule has 142 valence electrons. The summed E-state index contributed by atoms with van der Waals surface area (Å²) in [5, 5.41) is 8.11. The zero-order chi connectivity index (χ0) is 18.8. The molecule has 1 fully saturated rings. The Morgan fingerprint density at radius 2 is 2.12 bits per heavy atom. The van der Waals surface area contributed by atoms with Crippen molar-refractivity contribution in [1.29, 1.82) is 0 Å². The van der Waals surface area contributed by atoms with E-state index in [2.05, 4.69) is 26.2 Å². The van der Waals surface area contributed by atoms with Crippen molar-refractivity contribution in [1.82, 2.24) is 15.0 Å². The first kappa shape index (κ1) is 19.8. The Balaban J connectivity index is 2.09. The smallest absolute Gasteiger partial charge is 0.259 e. The SMILES string of the molecule is Cn1nnc(Br)c1-c1c(Cl)sc(C(N)=O)c1[C@@H](CN)CC1CCCCC1. The molecule has 1 amide bonds. The summed E-state index contributed by atoms with van der Waals surface area (Å²) < 4.78 is 2.76. The molecular formula is C17H23BrClN5OS. The van der Waals surface area contributed by atoms with E-state index in [4.69, 9.17) is 23.1 Å². The minimum absolute atomic E-state index is 0.0288. The molecule has 0 saturated heterocycles. The number of amides is 1. The summed E-state index contributed by atoms with van der Waals surface area (Å²) in [6.07, 6.45) is 7.20. The fraction of sp³-hybridized carbons (Fsp3) is 0.588. The molecule has 6 nitrogen and oxygen atoms in total. The number of primary amides is 1. The number of aromatic nitrogens is 3. The Morgan fingerprint density at radius 3 is 2.65 bits per heavy atom. The molecule has 0 spiro atoms. The number of carbonyl (C=O) groups excluding carboxylic acids is 1. The quantitative estimate of drug-likeness (QED) is 0.678. The minimum atomic E-state index is -0.466. The van der Waals surface area contributed by atoms with E-state index in [-0.39, 0.29) is 5.92 Å². The lowest BCUT2D eigenvalue weighted by atomic mass is 9.79. The third-order valence-electron chi connectivity index (χ3n) is 5.18. The Hall–Kier alpha value is -0.960. The van der Waals surface area contributed by atoms with Gasteiger partial charge >= 0.3 is 0 Å². The van der Waals surface area contributed by atoms with Gasteiger partial charge in [0.15, 0.2) is 4.60 Å². The normalized spacial score (nSPS) is 16.8. The zero-order valence-electron chi connectivity index (χ0n) is 14.7. The Morgan fingerprint density at radius 1 is 1.42 bits per heavy atom. The van der Waals surface area contributed by atoms with E-state index >= 15 is 0 Å². The third kappa shape index (κ3) is 3.83. The molecule has 1 aliphatic carbocycles. The fourth-order valence-electron chi connectivity index (χ4n) is 3.96. The van der Waals surface area contributed by atoms with Crippen LogP contribution in [0, 0.1) is 5.92 Å². The Labute approximate surface area is 170 Å². The number of hydrogen-bond acceptors (Lipinski definition) is 5. The maximum absolute atomic E-state index is 12.1. The van der Waals surface area contributed by atoms with E-state index in [1.165, 1.54) is 43.4 Å². The molecule has 2 aromatic rings. The molecule has 0 aromatic carbocycles. The van der Waals surface area contributed by atoms with Gasteiger partial charge < -0.3 is 11.5 Å². The molecule has 0 bridgehead atoms. The second kappa shape index (κ2) is 8.37. The number of carbonyl (C=O) groups is 1. The lowest BCUT2D eigenvalue weighted by molar-refractivity contribution is 0.100. The van der Waals surface area contributed by atoms with Gasteiger partial charge in [-0.2, -0.15) is 0 Å². The standard InChI is InChI=1S/C17H23BrClN5OS/c1-24-13(15(18)22-23-24)12-11(14(17(21)25)26-16(12)19)10(8-20)7-9-5-3-2-4-6-9/h9-10H,2-8,20H2,1H3,(H2,21,25)/t10-/m1/s1. The Kier molecular flexibility index (Phi) is 6.37. The van der Waals surface area contributed by atoms with Gasteiger partial charge in [0.05, 0.1) is 4.88 Å². The fourth-order valence-corrected chi connectivity index (χ4v) is 5.88. The molecule has 0 unspecified atom stereocenters. The number of nitrogens with two attached hydrogens (primary N) is 2. The highest BCUT2D eigenvalue weighted by atomic mass is 79.9. The van der Waals surface area contributed by atoms with Crippen LogP contribution in [-0.4, -0.2) is 27.4 Å². The summed E-state index contributed by atoms with van der Waals surface area (Å²) in [4.78, 5) is 12.6. The molecule has 2 heterocycles. The van der Waals surface area contributed by atoms with Crippen molar-refractivity contribution in [3.05, 3.63) is 19.4 Å². The van der Waals surface area contributed by atoms with Crippen molar-refractivity contribution >= 4 is 44.8 Å². The molecule has 3 rings (SSSR count). The second-order valence-electron chi connectivity index (χ2n) is 6.88. The number of thiophene rings is 1. The van der Waals surface area contributed by atoms with Crippen LogP contribution < -0.4 is 11.5 Å². The molecule has 0 radical (unpaired) electrons. The monoisotopic (exact) mass is 459 g/mol. The lowest BCUT2D eigenvalue weighted by Crippen LogP contribution is -2.22. The summed E-state index contributed by atoms with van der Waals surface area (Å²) in [6.45, 7) is 0.444. The maximum Gasteiger partial charge on any atom is 0.259 e. The summed E-state index contributed by atoms with van der Waals surface area (Å²) in [5.41, 5.74) is 14.2. The first-order chi connectivity index (χ1) is 12.4. The van der Waals surface area contributed by atoms with Gasteiger partial charge in [-0.05, 0) is 46.3 Å². The van der Waals surface area contributed by atoms with E-state index in [1.54, 1.807) is 11.7 Å². The summed E-state index contributed by atoms with van der Waals surface area (Å²) in [5.74, 6) is 0.185. The van der Waals surface area contributed by atoms with Crippen LogP contribution in [-0.2, 0) is 7.05 Å². The van der Waals surface area contributed by atoms with Crippen molar-refractivity contribution in [3.63, 3.8) is 0 Å². The van der Waals surface area contributed by atoms with Crippen molar-refractivity contribution in [2.45, 2.75) is 44.4 Å². The van der Waals surface area contributed by atoms with E-state index in [9.17, 15) is 4.79 Å². The molecule has 4 N–H and O–H groups in total. The van der Waals surface area contributed by atoms with Crippen LogP contribution in [0.15, 0.2) is 4.60 Å². The van der Waals surface area contributed by atoms with Gasteiger partial charge in [-0.25, -0.2) is 4.68 Å². The highest BCUT2D eigenvalue weighted by Gasteiger charge is 2.31. The number of nitrogens with zero attached hydrogens (tertiary/aromatic N) is 3. The minimum Gasteiger partial charge on any atom is -0.365 e. The van der Waals surface area contributed by atoms with Gasteiger partial charge in [0.2, 0.25) is 0 Å². The summed E-state index contributed by atoms with van der Waals surface area (Å²) >= 11 is 11.2. The molecule has 1 saturated carbocycles. The predicted molar refractivity (Wildman–Crippen MR) is 109 cm³/mol. The van der Waals surface area contributed by atoms with Crippen molar-refractivity contribution in [2.75, 3.05) is 6.54 Å². The van der Waals surface area contributed by atoms with E-state index in [0.29, 0.717) is 26.3 Å². The van der Waals surface area contributed by atoms with Crippen LogP contribution in [0.3, 0.4) is 0 Å². The first-order valence-corrected chi connectivity index (χ1v) is 10.8. The van der Waals surface area contributed by atoms with Gasteiger partial charge in [-0.1, -0.05) is 48.9 Å². The molecule has 1 aliphatic rings. The van der Waals surface area contributed by atoms with E-state index < -0.39 is 5.91 Å². The van der Waals surface area contributed by atoms with E-state index in [0.717, 1.165) is 23.2 Å². The number of rotatable bonds is 6. The van der Waals surface area contributed by atoms with Crippen LogP contribution in [0.2, 0.25) is 4.34 Å². The van der Waals surface area contributed by atoms with E-state index in [1.807, 2.05) is 0 Å². The molecule has 2 aromatic heterocycles. The molecule has 0 aliphatic heterocycles. The van der Waals surface area contributed by atoms with Crippen LogP contribution in [0.5, 0.6) is 0 Å². The Bertz CT molecular complexity index is 780. The zero-order valence-corrected chi connectivity index (χ0v) is 17.8. The molecule has 9 heteroatoms. The second-order valence-corrected chi connectivity index (χ2v) is 9.26. The van der Waals surface area contributed by atoms with Crippen molar-refractivity contribution in [2.24, 2.45) is 24.4 Å². The third-order valence-corrected chi connectivity index (χ3v) is 7.15. The van der Waals surface area contributed by atoms with Crippen molar-refractivity contribution < 1.29 is 4.79 Å². The van der Waals surface area contributed by atoms with Gasteiger partial charge in [0.1, 0.15) is 10.0 Å². The average molecular weight is 461 g/mol. The number of aryl methyl sites for hydroxylation is 1. The average Bonchev–Trinajstić information content (AvgIpc) is 3.13. The van der Waals surface area contributed by atoms with Gasteiger partial charge in [0, 0.05) is 12.6 Å². The van der Waals surface area contributed by atoms with Gasteiger partial charge in [-0.3, -0.25) is 4.79 Å². The largest absolute Gasteiger partial charge is 0.365 e. The van der Waals surface area contributed by atoms with Gasteiger partial charge in [0.25, 0.3) is 5.91 Å². The van der Waals surface area contributed by atoms with Crippen molar-refractivity contribution in [3.8, 4) is 11.3 Å². The predicted octanol–water partition coefficient (Wildman–Crippen LogP) is 4.07. The summed E-state index contributed by atoms with van der Waals surface area (Å²) in [7, 11) is 1.80. The number of hydrogen-bond donors (Lipinski definition) is 2. The number of halogens is 2.